The number of fused-ring (bicyclic) bond motifs is 1. The fourth-order valence-corrected chi connectivity index (χ4v) is 2.82. The van der Waals surface area contributed by atoms with E-state index in [9.17, 15) is 0 Å². The first-order valence-electron chi connectivity index (χ1n) is 6.15. The first-order chi connectivity index (χ1) is 9.72. The van der Waals surface area contributed by atoms with Gasteiger partial charge < -0.3 is 14.8 Å². The minimum absolute atomic E-state index is 0.587. The number of hydrogen-bond acceptors (Lipinski definition) is 4. The molecule has 1 aliphatic heterocycles. The van der Waals surface area contributed by atoms with Crippen LogP contribution >= 0.6 is 31.9 Å². The zero-order valence-corrected chi connectivity index (χ0v) is 13.7. The summed E-state index contributed by atoms with van der Waals surface area (Å²) in [6, 6.07) is 5.91. The molecule has 1 N–H and O–H groups in total. The Morgan fingerprint density at radius 2 is 1.80 bits per heavy atom. The Morgan fingerprint density at radius 1 is 1.05 bits per heavy atom. The predicted molar refractivity (Wildman–Crippen MR) is 84.4 cm³/mol. The van der Waals surface area contributed by atoms with Crippen LogP contribution in [0.3, 0.4) is 0 Å². The Morgan fingerprint density at radius 3 is 2.55 bits per heavy atom. The number of hydrogen-bond donors (Lipinski definition) is 1. The van der Waals surface area contributed by atoms with E-state index in [1.165, 1.54) is 0 Å². The topological polar surface area (TPSA) is 43.4 Å². The Hall–Kier alpha value is -1.27. The number of rotatable bonds is 3. The molecule has 2 heterocycles. The molecule has 0 saturated heterocycles. The molecule has 0 atom stereocenters. The molecule has 0 radical (unpaired) electrons. The van der Waals surface area contributed by atoms with Crippen molar-refractivity contribution >= 4 is 37.5 Å². The zero-order chi connectivity index (χ0) is 13.9. The van der Waals surface area contributed by atoms with Gasteiger partial charge in [0.2, 0.25) is 0 Å². The summed E-state index contributed by atoms with van der Waals surface area (Å²) in [6.45, 7) is 1.87. The summed E-state index contributed by atoms with van der Waals surface area (Å²) in [4.78, 5) is 4.15. The van der Waals surface area contributed by atoms with Crippen molar-refractivity contribution in [3.63, 3.8) is 0 Å². The predicted octanol–water partition coefficient (Wildman–Crippen LogP) is 3.99. The average Bonchev–Trinajstić information content (AvgIpc) is 2.45. The number of benzene rings is 1. The number of nitrogens with zero attached hydrogens (tertiary/aromatic N) is 1. The molecule has 3 rings (SSSR count). The number of aromatic nitrogens is 1. The van der Waals surface area contributed by atoms with E-state index in [4.69, 9.17) is 9.47 Å². The highest BCUT2D eigenvalue weighted by atomic mass is 79.9. The van der Waals surface area contributed by atoms with Crippen molar-refractivity contribution in [3.05, 3.63) is 45.1 Å². The van der Waals surface area contributed by atoms with E-state index in [0.29, 0.717) is 19.8 Å². The summed E-state index contributed by atoms with van der Waals surface area (Å²) < 4.78 is 13.0. The average molecular weight is 400 g/mol. The van der Waals surface area contributed by atoms with Gasteiger partial charge >= 0.3 is 0 Å². The van der Waals surface area contributed by atoms with Gasteiger partial charge in [0.15, 0.2) is 11.5 Å². The number of halogens is 2. The molecular weight excluding hydrogens is 388 g/mol. The molecule has 1 aliphatic rings. The molecule has 1 aromatic carbocycles. The minimum atomic E-state index is 0.587. The lowest BCUT2D eigenvalue weighted by atomic mass is 10.2. The van der Waals surface area contributed by atoms with E-state index >= 15 is 0 Å². The third-order valence-corrected chi connectivity index (χ3v) is 3.97. The Bertz CT molecular complexity index is 635. The monoisotopic (exact) mass is 398 g/mol. The van der Waals surface area contributed by atoms with Crippen LogP contribution in [0.5, 0.6) is 11.5 Å². The molecule has 20 heavy (non-hydrogen) atoms. The van der Waals surface area contributed by atoms with Crippen molar-refractivity contribution in [2.45, 2.75) is 6.54 Å². The maximum atomic E-state index is 5.58. The van der Waals surface area contributed by atoms with Crippen LogP contribution in [0.25, 0.3) is 0 Å². The lowest BCUT2D eigenvalue weighted by Crippen LogP contribution is -2.15. The summed E-state index contributed by atoms with van der Waals surface area (Å²) in [5, 5.41) is 3.36. The lowest BCUT2D eigenvalue weighted by Gasteiger charge is -2.20. The van der Waals surface area contributed by atoms with E-state index in [1.54, 1.807) is 6.20 Å². The molecule has 0 amide bonds. The number of nitrogens with one attached hydrogen (secondary N) is 1. The molecule has 0 unspecified atom stereocenters. The van der Waals surface area contributed by atoms with Gasteiger partial charge in [0.1, 0.15) is 13.2 Å². The first kappa shape index (κ1) is 13.7. The molecule has 0 spiro atoms. The van der Waals surface area contributed by atoms with Gasteiger partial charge in [-0.25, -0.2) is 0 Å². The van der Waals surface area contributed by atoms with Gasteiger partial charge in [-0.1, -0.05) is 0 Å². The van der Waals surface area contributed by atoms with Gasteiger partial charge in [0.05, 0.1) is 5.69 Å². The van der Waals surface area contributed by atoms with Crippen molar-refractivity contribution in [2.75, 3.05) is 18.5 Å². The van der Waals surface area contributed by atoms with E-state index < -0.39 is 0 Å². The van der Waals surface area contributed by atoms with Gasteiger partial charge in [-0.2, -0.15) is 0 Å². The molecule has 6 heteroatoms. The fourth-order valence-electron chi connectivity index (χ4n) is 1.95. The van der Waals surface area contributed by atoms with Gasteiger partial charge in [-0.15, -0.1) is 0 Å². The number of pyridine rings is 1. The second-order valence-corrected chi connectivity index (χ2v) is 6.11. The minimum Gasteiger partial charge on any atom is -0.486 e. The SMILES string of the molecule is Brc1cncc(CNc2cc3c(cc2Br)OCCO3)c1. The normalized spacial score (nSPS) is 13.1. The second kappa shape index (κ2) is 6.01. The second-order valence-electron chi connectivity index (χ2n) is 4.34. The summed E-state index contributed by atoms with van der Waals surface area (Å²) in [5.74, 6) is 1.55. The van der Waals surface area contributed by atoms with Crippen molar-refractivity contribution in [1.29, 1.82) is 0 Å². The molecule has 1 aromatic heterocycles. The lowest BCUT2D eigenvalue weighted by molar-refractivity contribution is 0.171. The van der Waals surface area contributed by atoms with E-state index in [-0.39, 0.29) is 0 Å². The van der Waals surface area contributed by atoms with E-state index in [0.717, 1.165) is 31.7 Å². The first-order valence-corrected chi connectivity index (χ1v) is 7.73. The number of anilines is 1. The molecular formula is C14H12Br2N2O2. The third kappa shape index (κ3) is 3.07. The van der Waals surface area contributed by atoms with Crippen molar-refractivity contribution < 1.29 is 9.47 Å². The smallest absolute Gasteiger partial charge is 0.163 e. The van der Waals surface area contributed by atoms with Crippen LogP contribution in [0.4, 0.5) is 5.69 Å². The summed E-state index contributed by atoms with van der Waals surface area (Å²) in [6.07, 6.45) is 3.60. The quantitative estimate of drug-likeness (QED) is 0.847. The van der Waals surface area contributed by atoms with E-state index in [1.807, 2.05) is 24.4 Å². The van der Waals surface area contributed by atoms with Gasteiger partial charge in [-0.3, -0.25) is 4.98 Å². The molecule has 2 aromatic rings. The van der Waals surface area contributed by atoms with Crippen LogP contribution in [0.2, 0.25) is 0 Å². The van der Waals surface area contributed by atoms with Crippen LogP contribution < -0.4 is 14.8 Å². The van der Waals surface area contributed by atoms with Crippen LogP contribution in [0.15, 0.2) is 39.5 Å². The van der Waals surface area contributed by atoms with Crippen LogP contribution in [-0.4, -0.2) is 18.2 Å². The zero-order valence-electron chi connectivity index (χ0n) is 10.5. The third-order valence-electron chi connectivity index (χ3n) is 2.88. The summed E-state index contributed by atoms with van der Waals surface area (Å²) >= 11 is 6.96. The fraction of sp³-hybridized carbons (Fsp3) is 0.214. The molecule has 4 nitrogen and oxygen atoms in total. The molecule has 104 valence electrons. The Kier molecular flexibility index (Phi) is 4.12. The van der Waals surface area contributed by atoms with Crippen LogP contribution in [-0.2, 0) is 6.54 Å². The van der Waals surface area contributed by atoms with Gasteiger partial charge in [0, 0.05) is 40.0 Å². The van der Waals surface area contributed by atoms with Crippen LogP contribution in [0.1, 0.15) is 5.56 Å². The summed E-state index contributed by atoms with van der Waals surface area (Å²) in [7, 11) is 0. The van der Waals surface area contributed by atoms with Gasteiger partial charge in [0.25, 0.3) is 0 Å². The highest BCUT2D eigenvalue weighted by molar-refractivity contribution is 9.10. The van der Waals surface area contributed by atoms with E-state index in [2.05, 4.69) is 42.2 Å². The Labute approximate surface area is 133 Å². The van der Waals surface area contributed by atoms with Gasteiger partial charge in [-0.05, 0) is 43.5 Å². The maximum Gasteiger partial charge on any atom is 0.163 e. The van der Waals surface area contributed by atoms with Crippen molar-refractivity contribution in [2.24, 2.45) is 0 Å². The highest BCUT2D eigenvalue weighted by Gasteiger charge is 2.14. The Balaban J connectivity index is 1.77. The van der Waals surface area contributed by atoms with Crippen LogP contribution in [0, 0.1) is 0 Å². The molecule has 0 fully saturated rings. The standard InChI is InChI=1S/C14H12Br2N2O2/c15-10-3-9(6-17-8-10)7-18-12-5-14-13(4-11(12)16)19-1-2-20-14/h3-6,8,18H,1-2,7H2. The molecule has 0 aliphatic carbocycles. The summed E-state index contributed by atoms with van der Waals surface area (Å²) in [5.41, 5.74) is 2.07. The highest BCUT2D eigenvalue weighted by Crippen LogP contribution is 2.38. The molecule has 0 saturated carbocycles. The van der Waals surface area contributed by atoms with Crippen molar-refractivity contribution in [1.82, 2.24) is 4.98 Å². The number of ether oxygens (including phenoxy) is 2. The molecule has 0 bridgehead atoms. The largest absolute Gasteiger partial charge is 0.486 e. The maximum absolute atomic E-state index is 5.58. The van der Waals surface area contributed by atoms with Crippen molar-refractivity contribution in [3.8, 4) is 11.5 Å².